The van der Waals surface area contributed by atoms with Gasteiger partial charge in [0.05, 0.1) is 28.7 Å². The first-order chi connectivity index (χ1) is 7.86. The Hall–Kier alpha value is -1.35. The van der Waals surface area contributed by atoms with Crippen LogP contribution >= 0.6 is 0 Å². The number of hydrogen-bond acceptors (Lipinski definition) is 4. The van der Waals surface area contributed by atoms with E-state index in [1.807, 2.05) is 20.0 Å². The van der Waals surface area contributed by atoms with E-state index in [1.54, 1.807) is 4.68 Å². The summed E-state index contributed by atoms with van der Waals surface area (Å²) in [5, 5.41) is 13.5. The van der Waals surface area contributed by atoms with Crippen LogP contribution in [0.25, 0.3) is 0 Å². The van der Waals surface area contributed by atoms with Crippen LogP contribution in [0.5, 0.6) is 0 Å². The van der Waals surface area contributed by atoms with Crippen molar-refractivity contribution < 1.29 is 8.42 Å². The maximum absolute atomic E-state index is 11.5. The smallest absolute Gasteiger partial charge is 0.151 e. The number of nitriles is 1. The first-order valence-electron chi connectivity index (χ1n) is 5.47. The van der Waals surface area contributed by atoms with Gasteiger partial charge in [-0.15, -0.1) is 0 Å². The van der Waals surface area contributed by atoms with E-state index in [9.17, 15) is 13.7 Å². The molecular formula is C11H15N3O2S. The van der Waals surface area contributed by atoms with E-state index in [4.69, 9.17) is 0 Å². The predicted molar refractivity (Wildman–Crippen MR) is 63.0 cm³/mol. The van der Waals surface area contributed by atoms with Gasteiger partial charge in [0.1, 0.15) is 0 Å². The van der Waals surface area contributed by atoms with E-state index in [0.717, 1.165) is 11.4 Å². The molecule has 1 atom stereocenters. The highest BCUT2D eigenvalue weighted by molar-refractivity contribution is 7.91. The van der Waals surface area contributed by atoms with Crippen LogP contribution in [0.4, 0.5) is 0 Å². The number of hydrogen-bond donors (Lipinski definition) is 0. The van der Waals surface area contributed by atoms with Crippen LogP contribution in [0.3, 0.4) is 0 Å². The minimum atomic E-state index is -3.04. The highest BCUT2D eigenvalue weighted by Crippen LogP contribution is 2.35. The van der Waals surface area contributed by atoms with Crippen LogP contribution in [0.1, 0.15) is 17.8 Å². The fraction of sp³-hybridized carbons (Fsp3) is 0.636. The summed E-state index contributed by atoms with van der Waals surface area (Å²) in [6, 6.07) is 4.10. The molecule has 0 spiro atoms. The molecule has 0 N–H and O–H groups in total. The summed E-state index contributed by atoms with van der Waals surface area (Å²) in [6.07, 6.45) is 0.885. The van der Waals surface area contributed by atoms with Crippen molar-refractivity contribution in [3.05, 3.63) is 17.5 Å². The number of aryl methyl sites for hydroxylation is 2. The van der Waals surface area contributed by atoms with Crippen LogP contribution in [0.15, 0.2) is 6.07 Å². The number of nitrogens with zero attached hydrogens (tertiary/aromatic N) is 3. The third kappa shape index (κ3) is 2.34. The van der Waals surface area contributed by atoms with Crippen LogP contribution in [-0.2, 0) is 23.3 Å². The van der Waals surface area contributed by atoms with Crippen molar-refractivity contribution in [2.75, 3.05) is 11.5 Å². The summed E-state index contributed by atoms with van der Waals surface area (Å²) in [6.45, 7) is 1.88. The number of aromatic nitrogens is 2. The zero-order chi connectivity index (χ0) is 12.7. The zero-order valence-corrected chi connectivity index (χ0v) is 10.8. The molecule has 92 valence electrons. The average molecular weight is 253 g/mol. The average Bonchev–Trinajstić information content (AvgIpc) is 2.69. The Morgan fingerprint density at radius 2 is 2.35 bits per heavy atom. The Morgan fingerprint density at radius 3 is 2.76 bits per heavy atom. The predicted octanol–water partition coefficient (Wildman–Crippen LogP) is 0.599. The highest BCUT2D eigenvalue weighted by atomic mass is 32.2. The molecule has 0 saturated carbocycles. The molecule has 2 heterocycles. The van der Waals surface area contributed by atoms with E-state index >= 15 is 0 Å². The molecule has 5 nitrogen and oxygen atoms in total. The second-order valence-corrected chi connectivity index (χ2v) is 7.00. The van der Waals surface area contributed by atoms with E-state index in [1.165, 1.54) is 0 Å². The van der Waals surface area contributed by atoms with Gasteiger partial charge in [0.15, 0.2) is 9.84 Å². The molecule has 1 unspecified atom stereocenters. The van der Waals surface area contributed by atoms with Gasteiger partial charge in [-0.3, -0.25) is 4.68 Å². The fourth-order valence-corrected chi connectivity index (χ4v) is 4.36. The third-order valence-electron chi connectivity index (χ3n) is 3.24. The SMILES string of the molecule is Cc1cc(CC2(C#N)CCS(=O)(=O)C2)n(C)n1. The molecule has 17 heavy (non-hydrogen) atoms. The summed E-state index contributed by atoms with van der Waals surface area (Å²) in [7, 11) is -1.23. The second kappa shape index (κ2) is 3.84. The normalized spacial score (nSPS) is 26.9. The lowest BCUT2D eigenvalue weighted by Gasteiger charge is -2.18. The third-order valence-corrected chi connectivity index (χ3v) is 5.06. The molecule has 1 fully saturated rings. The monoisotopic (exact) mass is 253 g/mol. The van der Waals surface area contributed by atoms with Gasteiger partial charge in [-0.05, 0) is 19.4 Å². The molecule has 0 radical (unpaired) electrons. The van der Waals surface area contributed by atoms with Gasteiger partial charge in [0, 0.05) is 19.2 Å². The van der Waals surface area contributed by atoms with E-state index in [0.29, 0.717) is 12.8 Å². The van der Waals surface area contributed by atoms with Crippen LogP contribution in [0.2, 0.25) is 0 Å². The van der Waals surface area contributed by atoms with Crippen LogP contribution < -0.4 is 0 Å². The van der Waals surface area contributed by atoms with Crippen molar-refractivity contribution in [3.8, 4) is 6.07 Å². The molecule has 2 rings (SSSR count). The Morgan fingerprint density at radius 1 is 1.65 bits per heavy atom. The molecular weight excluding hydrogens is 238 g/mol. The van der Waals surface area contributed by atoms with Gasteiger partial charge in [0.25, 0.3) is 0 Å². The van der Waals surface area contributed by atoms with Gasteiger partial charge in [0.2, 0.25) is 0 Å². The molecule has 0 amide bonds. The van der Waals surface area contributed by atoms with Crippen molar-refractivity contribution in [3.63, 3.8) is 0 Å². The van der Waals surface area contributed by atoms with Crippen LogP contribution in [0, 0.1) is 23.7 Å². The van der Waals surface area contributed by atoms with Gasteiger partial charge < -0.3 is 0 Å². The standard InChI is InChI=1S/C11H15N3O2S/c1-9-5-10(14(2)13-9)6-11(7-12)3-4-17(15,16)8-11/h5H,3-4,6,8H2,1-2H3. The lowest BCUT2D eigenvalue weighted by Crippen LogP contribution is -2.24. The highest BCUT2D eigenvalue weighted by Gasteiger charge is 2.43. The Kier molecular flexibility index (Phi) is 2.74. The minimum Gasteiger partial charge on any atom is -0.272 e. The summed E-state index contributed by atoms with van der Waals surface area (Å²) < 4.78 is 24.7. The quantitative estimate of drug-likeness (QED) is 0.773. The number of sulfone groups is 1. The summed E-state index contributed by atoms with van der Waals surface area (Å²) in [5.41, 5.74) is 1.04. The topological polar surface area (TPSA) is 75.8 Å². The molecule has 6 heteroatoms. The van der Waals surface area contributed by atoms with Gasteiger partial charge >= 0.3 is 0 Å². The van der Waals surface area contributed by atoms with Crippen molar-refractivity contribution >= 4 is 9.84 Å². The van der Waals surface area contributed by atoms with Gasteiger partial charge in [-0.1, -0.05) is 0 Å². The van der Waals surface area contributed by atoms with E-state index < -0.39 is 15.3 Å². The maximum Gasteiger partial charge on any atom is 0.151 e. The molecule has 1 aromatic rings. The van der Waals surface area contributed by atoms with Gasteiger partial charge in [-0.25, -0.2) is 8.42 Å². The first-order valence-corrected chi connectivity index (χ1v) is 7.29. The van der Waals surface area contributed by atoms with Crippen LogP contribution in [-0.4, -0.2) is 29.7 Å². The number of rotatable bonds is 2. The Balaban J connectivity index is 2.29. The van der Waals surface area contributed by atoms with Gasteiger partial charge in [-0.2, -0.15) is 10.4 Å². The molecule has 0 bridgehead atoms. The Labute approximate surface area is 101 Å². The lowest BCUT2D eigenvalue weighted by molar-refractivity contribution is 0.435. The minimum absolute atomic E-state index is 0.0271. The fourth-order valence-electron chi connectivity index (χ4n) is 2.36. The van der Waals surface area contributed by atoms with Crippen molar-refractivity contribution in [2.45, 2.75) is 19.8 Å². The molecule has 1 aromatic heterocycles. The van der Waals surface area contributed by atoms with Crippen molar-refractivity contribution in [1.29, 1.82) is 5.26 Å². The summed E-state index contributed by atoms with van der Waals surface area (Å²) in [4.78, 5) is 0. The zero-order valence-electron chi connectivity index (χ0n) is 9.97. The molecule has 0 aliphatic carbocycles. The van der Waals surface area contributed by atoms with Crippen molar-refractivity contribution in [2.24, 2.45) is 12.5 Å². The molecule has 1 aliphatic rings. The van der Waals surface area contributed by atoms with E-state index in [2.05, 4.69) is 11.2 Å². The summed E-state index contributed by atoms with van der Waals surface area (Å²) in [5.74, 6) is 0.0954. The summed E-state index contributed by atoms with van der Waals surface area (Å²) >= 11 is 0. The maximum atomic E-state index is 11.5. The molecule has 1 aliphatic heterocycles. The van der Waals surface area contributed by atoms with Crippen molar-refractivity contribution in [1.82, 2.24) is 9.78 Å². The Bertz CT molecular complexity index is 582. The lowest BCUT2D eigenvalue weighted by atomic mass is 9.84. The molecule has 1 saturated heterocycles. The first kappa shape index (κ1) is 12.1. The second-order valence-electron chi connectivity index (χ2n) is 4.81. The van der Waals surface area contributed by atoms with E-state index in [-0.39, 0.29) is 11.5 Å². The molecule has 0 aromatic carbocycles. The largest absolute Gasteiger partial charge is 0.272 e.